The molecule has 0 bridgehead atoms. The Morgan fingerprint density at radius 2 is 1.93 bits per heavy atom. The van der Waals surface area contributed by atoms with E-state index in [1.165, 1.54) is 18.3 Å². The zero-order chi connectivity index (χ0) is 21.0. The Bertz CT molecular complexity index is 1050. The molecule has 29 heavy (non-hydrogen) atoms. The quantitative estimate of drug-likeness (QED) is 0.529. The number of ether oxygens (including phenoxy) is 2. The maximum atomic E-state index is 12.3. The first kappa shape index (κ1) is 20.9. The van der Waals surface area contributed by atoms with Crippen molar-refractivity contribution in [1.82, 2.24) is 9.55 Å². The van der Waals surface area contributed by atoms with Gasteiger partial charge in [-0.2, -0.15) is 0 Å². The molecule has 9 heteroatoms. The summed E-state index contributed by atoms with van der Waals surface area (Å²) in [5.74, 6) is -0.00421. The molecule has 3 aromatic rings. The first-order chi connectivity index (χ1) is 13.9. The summed E-state index contributed by atoms with van der Waals surface area (Å²) < 4.78 is 12.7. The first-order valence-electron chi connectivity index (χ1n) is 8.47. The van der Waals surface area contributed by atoms with Crippen LogP contribution < -0.4 is 10.1 Å². The summed E-state index contributed by atoms with van der Waals surface area (Å²) in [4.78, 5) is 28.7. The van der Waals surface area contributed by atoms with Gasteiger partial charge in [0, 0.05) is 12.7 Å². The molecule has 1 amide bonds. The van der Waals surface area contributed by atoms with Gasteiger partial charge < -0.3 is 19.4 Å². The number of aromatic nitrogens is 2. The van der Waals surface area contributed by atoms with E-state index in [1.807, 2.05) is 12.1 Å². The van der Waals surface area contributed by atoms with Crippen molar-refractivity contribution in [3.63, 3.8) is 0 Å². The number of carbonyl (C=O) groups excluding carboxylic acids is 2. The van der Waals surface area contributed by atoms with Crippen LogP contribution in [0.4, 0.5) is 5.69 Å². The van der Waals surface area contributed by atoms with Crippen LogP contribution in [0, 0.1) is 0 Å². The summed E-state index contributed by atoms with van der Waals surface area (Å²) in [6.07, 6.45) is 1.53. The van der Waals surface area contributed by atoms with Gasteiger partial charge in [-0.05, 0) is 51.8 Å². The van der Waals surface area contributed by atoms with Crippen LogP contribution in [0.3, 0.4) is 0 Å². The molecule has 1 aromatic heterocycles. The summed E-state index contributed by atoms with van der Waals surface area (Å²) in [6.45, 7) is 0.103. The van der Waals surface area contributed by atoms with Gasteiger partial charge in [-0.3, -0.25) is 4.79 Å². The van der Waals surface area contributed by atoms with Crippen molar-refractivity contribution >= 4 is 45.1 Å². The molecule has 0 aliphatic carbocycles. The molecule has 0 unspecified atom stereocenters. The Morgan fingerprint density at radius 3 is 2.52 bits per heavy atom. The van der Waals surface area contributed by atoms with Crippen molar-refractivity contribution in [2.24, 2.45) is 7.05 Å². The molecule has 0 fully saturated rings. The fraction of sp³-hybridized carbons (Fsp3) is 0.150. The highest BCUT2D eigenvalue weighted by Gasteiger charge is 2.16. The average Bonchev–Trinajstić information content (AvgIpc) is 3.05. The summed E-state index contributed by atoms with van der Waals surface area (Å²) in [5, 5.41) is 2.87. The SMILES string of the molecule is COc1ccc(COC(=O)c2ccc(NC(=O)c3ncc(Br)n3C)cc2Cl)cc1. The Hall–Kier alpha value is -2.84. The van der Waals surface area contributed by atoms with Gasteiger partial charge in [0.05, 0.1) is 23.9 Å². The van der Waals surface area contributed by atoms with Crippen LogP contribution in [0.25, 0.3) is 0 Å². The van der Waals surface area contributed by atoms with Crippen LogP contribution in [-0.4, -0.2) is 28.5 Å². The Labute approximate surface area is 180 Å². The Morgan fingerprint density at radius 1 is 1.21 bits per heavy atom. The van der Waals surface area contributed by atoms with Gasteiger partial charge in [0.2, 0.25) is 0 Å². The predicted molar refractivity (Wildman–Crippen MR) is 112 cm³/mol. The second kappa shape index (κ2) is 9.11. The van der Waals surface area contributed by atoms with Crippen LogP contribution in [0.5, 0.6) is 5.75 Å². The van der Waals surface area contributed by atoms with Gasteiger partial charge in [-0.15, -0.1) is 0 Å². The zero-order valence-corrected chi connectivity index (χ0v) is 18.0. The van der Waals surface area contributed by atoms with Gasteiger partial charge in [0.1, 0.15) is 17.0 Å². The molecule has 0 spiro atoms. The van der Waals surface area contributed by atoms with E-state index in [9.17, 15) is 9.59 Å². The van der Waals surface area contributed by atoms with Crippen molar-refractivity contribution in [3.05, 3.63) is 75.2 Å². The molecule has 2 aromatic carbocycles. The van der Waals surface area contributed by atoms with E-state index < -0.39 is 11.9 Å². The van der Waals surface area contributed by atoms with Crippen LogP contribution in [0.1, 0.15) is 26.5 Å². The van der Waals surface area contributed by atoms with Crippen molar-refractivity contribution < 1.29 is 19.1 Å². The molecule has 3 rings (SSSR count). The van der Waals surface area contributed by atoms with Crippen LogP contribution in [0.15, 0.2) is 53.3 Å². The standard InChI is InChI=1S/C20H17BrClN3O4/c1-25-17(21)10-23-18(25)19(26)24-13-5-8-15(16(22)9-13)20(27)29-11-12-3-6-14(28-2)7-4-12/h3-10H,11H2,1-2H3,(H,24,26). The molecule has 7 nitrogen and oxygen atoms in total. The van der Waals surface area contributed by atoms with E-state index in [1.54, 1.807) is 36.9 Å². The lowest BCUT2D eigenvalue weighted by Crippen LogP contribution is -2.17. The highest BCUT2D eigenvalue weighted by molar-refractivity contribution is 9.10. The van der Waals surface area contributed by atoms with Gasteiger partial charge in [0.25, 0.3) is 5.91 Å². The number of imidazole rings is 1. The number of nitrogens with one attached hydrogen (secondary N) is 1. The van der Waals surface area contributed by atoms with Gasteiger partial charge in [-0.25, -0.2) is 9.78 Å². The van der Waals surface area contributed by atoms with E-state index in [0.29, 0.717) is 10.3 Å². The average molecular weight is 479 g/mol. The smallest absolute Gasteiger partial charge is 0.339 e. The number of anilines is 1. The second-order valence-electron chi connectivity index (χ2n) is 6.04. The predicted octanol–water partition coefficient (Wildman–Crippen LogP) is 4.45. The van der Waals surface area contributed by atoms with Crippen LogP contribution in [0.2, 0.25) is 5.02 Å². The van der Waals surface area contributed by atoms with Crippen LogP contribution >= 0.6 is 27.5 Å². The minimum absolute atomic E-state index is 0.103. The Kier molecular flexibility index (Phi) is 6.56. The number of benzene rings is 2. The number of carbonyl (C=O) groups is 2. The lowest BCUT2D eigenvalue weighted by atomic mass is 10.2. The molecule has 0 saturated carbocycles. The van der Waals surface area contributed by atoms with Crippen LogP contribution in [-0.2, 0) is 18.4 Å². The van der Waals surface area contributed by atoms with Crippen molar-refractivity contribution in [2.75, 3.05) is 12.4 Å². The normalized spacial score (nSPS) is 10.5. The number of hydrogen-bond acceptors (Lipinski definition) is 5. The van der Waals surface area contributed by atoms with E-state index >= 15 is 0 Å². The topological polar surface area (TPSA) is 82.4 Å². The van der Waals surface area contributed by atoms with Gasteiger partial charge >= 0.3 is 5.97 Å². The number of amides is 1. The number of halogens is 2. The van der Waals surface area contributed by atoms with Gasteiger partial charge in [-0.1, -0.05) is 23.7 Å². The monoisotopic (exact) mass is 477 g/mol. The minimum atomic E-state index is -0.559. The minimum Gasteiger partial charge on any atom is -0.497 e. The van der Waals surface area contributed by atoms with E-state index in [4.69, 9.17) is 21.1 Å². The number of rotatable bonds is 6. The molecular weight excluding hydrogens is 462 g/mol. The van der Waals surface area contributed by atoms with Gasteiger partial charge in [0.15, 0.2) is 5.82 Å². The number of nitrogens with zero attached hydrogens (tertiary/aromatic N) is 2. The Balaban J connectivity index is 1.64. The summed E-state index contributed by atoms with van der Waals surface area (Å²) in [6, 6.07) is 11.8. The highest BCUT2D eigenvalue weighted by Crippen LogP contribution is 2.23. The number of hydrogen-bond donors (Lipinski definition) is 1. The van der Waals surface area contributed by atoms with E-state index in [0.717, 1.165) is 11.3 Å². The summed E-state index contributed by atoms with van der Waals surface area (Å²) in [7, 11) is 3.29. The summed E-state index contributed by atoms with van der Waals surface area (Å²) in [5.41, 5.74) is 1.46. The maximum Gasteiger partial charge on any atom is 0.339 e. The third-order valence-corrected chi connectivity index (χ3v) is 5.16. The van der Waals surface area contributed by atoms with Crippen molar-refractivity contribution in [1.29, 1.82) is 0 Å². The highest BCUT2D eigenvalue weighted by atomic mass is 79.9. The lowest BCUT2D eigenvalue weighted by molar-refractivity contribution is 0.0473. The van der Waals surface area contributed by atoms with E-state index in [-0.39, 0.29) is 23.0 Å². The molecule has 150 valence electrons. The third-order valence-electron chi connectivity index (χ3n) is 4.11. The molecule has 0 radical (unpaired) electrons. The fourth-order valence-corrected chi connectivity index (χ4v) is 3.02. The first-order valence-corrected chi connectivity index (χ1v) is 9.64. The summed E-state index contributed by atoms with van der Waals surface area (Å²) >= 11 is 9.50. The lowest BCUT2D eigenvalue weighted by Gasteiger charge is -2.10. The molecule has 1 N–H and O–H groups in total. The maximum absolute atomic E-state index is 12.3. The second-order valence-corrected chi connectivity index (χ2v) is 7.26. The third kappa shape index (κ3) is 4.96. The molecule has 1 heterocycles. The van der Waals surface area contributed by atoms with Crippen molar-refractivity contribution in [3.8, 4) is 5.75 Å². The largest absolute Gasteiger partial charge is 0.497 e. The van der Waals surface area contributed by atoms with E-state index in [2.05, 4.69) is 26.2 Å². The molecular formula is C20H17BrClN3O4. The van der Waals surface area contributed by atoms with Crippen molar-refractivity contribution in [2.45, 2.75) is 6.61 Å². The zero-order valence-electron chi connectivity index (χ0n) is 15.6. The molecule has 0 aliphatic heterocycles. The molecule has 0 aliphatic rings. The number of methoxy groups -OCH3 is 1. The number of esters is 1. The molecule has 0 saturated heterocycles. The molecule has 0 atom stereocenters. The fourth-order valence-electron chi connectivity index (χ4n) is 2.49.